The van der Waals surface area contributed by atoms with Crippen LogP contribution in [0.1, 0.15) is 37.9 Å². The van der Waals surface area contributed by atoms with Gasteiger partial charge in [0.05, 0.1) is 13.3 Å². The van der Waals surface area contributed by atoms with Gasteiger partial charge < -0.3 is 28.3 Å². The van der Waals surface area contributed by atoms with Crippen LogP contribution in [0.2, 0.25) is 0 Å². The van der Waals surface area contributed by atoms with Crippen LogP contribution < -0.4 is 4.74 Å². The Labute approximate surface area is 256 Å². The molecule has 2 aromatic heterocycles. The first-order valence-electron chi connectivity index (χ1n) is 14.8. The van der Waals surface area contributed by atoms with Crippen LogP contribution in [0, 0.1) is 11.8 Å². The topological polar surface area (TPSA) is 88.1 Å². The van der Waals surface area contributed by atoms with E-state index in [1.165, 1.54) is 25.1 Å². The van der Waals surface area contributed by atoms with E-state index in [0.717, 1.165) is 76.7 Å². The van der Waals surface area contributed by atoms with E-state index in [0.29, 0.717) is 30.0 Å². The molecule has 1 unspecified atom stereocenters. The number of ether oxygens (including phenoxy) is 1. The van der Waals surface area contributed by atoms with Crippen molar-refractivity contribution in [3.8, 4) is 5.95 Å². The third-order valence-corrected chi connectivity index (χ3v) is 12.0. The summed E-state index contributed by atoms with van der Waals surface area (Å²) >= 11 is 2.25. The van der Waals surface area contributed by atoms with Gasteiger partial charge in [0, 0.05) is 30.7 Å². The molecule has 7 aliphatic rings. The van der Waals surface area contributed by atoms with E-state index >= 15 is 0 Å². The van der Waals surface area contributed by atoms with Crippen molar-refractivity contribution in [2.45, 2.75) is 64.9 Å². The normalized spacial score (nSPS) is 33.4. The smallest absolute Gasteiger partial charge is 0.451 e. The number of hydrogen-bond acceptors (Lipinski definition) is 10. The first kappa shape index (κ1) is 29.3. The number of fused-ring (bicyclic) bond motifs is 6. The number of halogens is 3. The Morgan fingerprint density at radius 1 is 0.977 bits per heavy atom. The molecule has 0 N–H and O–H groups in total. The van der Waals surface area contributed by atoms with Crippen molar-refractivity contribution in [3.63, 3.8) is 0 Å². The zero-order valence-corrected chi connectivity index (χ0v) is 25.4. The highest BCUT2D eigenvalue weighted by Crippen LogP contribution is 2.51. The van der Waals surface area contributed by atoms with Gasteiger partial charge in [-0.3, -0.25) is 4.79 Å². The summed E-state index contributed by atoms with van der Waals surface area (Å²) in [4.78, 5) is 29.8. The van der Waals surface area contributed by atoms with E-state index in [1.807, 2.05) is 12.2 Å². The number of nitrogens with zero attached hydrogens (tertiary/aromatic N) is 5. The Morgan fingerprint density at radius 2 is 1.56 bits per heavy atom. The fraction of sp³-hybridized carbons (Fsp3) is 0.621. The molecule has 0 radical (unpaired) electrons. The number of allylic oxidation sites excluding steroid dienone is 1. The Kier molecular flexibility index (Phi) is 7.83. The lowest BCUT2D eigenvalue weighted by atomic mass is 9.78. The van der Waals surface area contributed by atoms with Gasteiger partial charge in [0.2, 0.25) is 5.76 Å². The van der Waals surface area contributed by atoms with Gasteiger partial charge in [-0.05, 0) is 93.6 Å². The molecular weight excluding hydrogens is 603 g/mol. The van der Waals surface area contributed by atoms with Crippen LogP contribution in [-0.4, -0.2) is 93.1 Å². The van der Waals surface area contributed by atoms with E-state index in [2.05, 4.69) is 24.7 Å². The van der Waals surface area contributed by atoms with Crippen molar-refractivity contribution in [2.75, 3.05) is 46.4 Å². The average Bonchev–Trinajstić information content (AvgIpc) is 3.68. The van der Waals surface area contributed by atoms with Gasteiger partial charge in [0.1, 0.15) is 10.3 Å². The van der Waals surface area contributed by atoms with Crippen molar-refractivity contribution in [1.29, 1.82) is 0 Å². The van der Waals surface area contributed by atoms with E-state index in [4.69, 9.17) is 13.6 Å². The molecule has 4 bridgehead atoms. The van der Waals surface area contributed by atoms with Crippen LogP contribution >= 0.6 is 23.5 Å². The highest BCUT2D eigenvalue weighted by molar-refractivity contribution is 8.18. The van der Waals surface area contributed by atoms with Crippen molar-refractivity contribution < 1.29 is 31.5 Å². The lowest BCUT2D eigenvalue weighted by molar-refractivity contribution is -0.154. The van der Waals surface area contributed by atoms with Gasteiger partial charge in [-0.2, -0.15) is 13.2 Å². The number of thioether (sulfide) groups is 2. The quantitative estimate of drug-likeness (QED) is 0.361. The zero-order valence-electron chi connectivity index (χ0n) is 23.8. The Bertz CT molecular complexity index is 1370. The van der Waals surface area contributed by atoms with E-state index in [1.54, 1.807) is 6.08 Å². The molecule has 2 aromatic rings. The van der Waals surface area contributed by atoms with Gasteiger partial charge in [-0.1, -0.05) is 18.2 Å². The second-order valence-corrected chi connectivity index (χ2v) is 14.8. The summed E-state index contributed by atoms with van der Waals surface area (Å²) in [5.74, 6) is 0.122. The van der Waals surface area contributed by atoms with E-state index in [-0.39, 0.29) is 34.4 Å². The summed E-state index contributed by atoms with van der Waals surface area (Å²) in [6.07, 6.45) is 7.83. The number of oxazole rings is 2. The predicted molar refractivity (Wildman–Crippen MR) is 154 cm³/mol. The minimum Gasteiger partial charge on any atom is -0.467 e. The maximum atomic E-state index is 14.5. The molecule has 6 saturated heterocycles. The zero-order chi connectivity index (χ0) is 29.8. The molecule has 1 aliphatic carbocycles. The van der Waals surface area contributed by atoms with Gasteiger partial charge >= 0.3 is 12.1 Å². The first-order valence-corrected chi connectivity index (χ1v) is 16.4. The lowest BCUT2D eigenvalue weighted by Crippen LogP contribution is -2.66. The summed E-state index contributed by atoms with van der Waals surface area (Å²) in [6, 6.07) is 0.386. The highest BCUT2D eigenvalue weighted by atomic mass is 32.2. The van der Waals surface area contributed by atoms with Crippen molar-refractivity contribution in [2.24, 2.45) is 11.8 Å². The van der Waals surface area contributed by atoms with Crippen LogP contribution in [-0.2, 0) is 11.0 Å². The molecule has 0 spiro atoms. The number of amides is 1. The maximum Gasteiger partial charge on any atom is 0.451 e. The molecule has 6 aliphatic heterocycles. The molecule has 0 aromatic carbocycles. The third kappa shape index (κ3) is 5.87. The van der Waals surface area contributed by atoms with Gasteiger partial charge in [0.15, 0.2) is 0 Å². The number of alkyl halides is 3. The molecule has 9 rings (SSSR count). The van der Waals surface area contributed by atoms with Crippen LogP contribution in [0.4, 0.5) is 13.2 Å². The fourth-order valence-corrected chi connectivity index (χ4v) is 9.50. The average molecular weight is 638 g/mol. The molecule has 14 heteroatoms. The van der Waals surface area contributed by atoms with Gasteiger partial charge in [-0.25, -0.2) is 9.97 Å². The number of carbonyl (C=O) groups excluding carboxylic acids is 1. The summed E-state index contributed by atoms with van der Waals surface area (Å²) < 4.78 is 54.6. The van der Waals surface area contributed by atoms with Crippen LogP contribution in [0.15, 0.2) is 55.5 Å². The van der Waals surface area contributed by atoms with Crippen LogP contribution in [0.3, 0.4) is 0 Å². The summed E-state index contributed by atoms with van der Waals surface area (Å²) in [7, 11) is 1.46. The van der Waals surface area contributed by atoms with Gasteiger partial charge in [-0.15, -0.1) is 0 Å². The predicted octanol–water partition coefficient (Wildman–Crippen LogP) is 5.17. The highest BCUT2D eigenvalue weighted by Gasteiger charge is 2.48. The number of carbonyl (C=O) groups is 1. The van der Waals surface area contributed by atoms with Crippen LogP contribution in [0.5, 0.6) is 5.95 Å². The monoisotopic (exact) mass is 637 g/mol. The SMILES string of the molecule is COc1cnc(SC2(Sc3ncc(C(F)(F)F)o3)C=CC(C(=O)N([C@H]3CN4CCC3CC4)[C@H]3CN4CCC3CC4)=CC2)o1. The number of hydrogen-bond donors (Lipinski definition) is 0. The Hall–Kier alpha value is -2.42. The Balaban J connectivity index is 1.16. The minimum atomic E-state index is -4.64. The molecule has 9 nitrogen and oxygen atoms in total. The number of piperidine rings is 6. The molecule has 3 atom stereocenters. The van der Waals surface area contributed by atoms with E-state index in [9.17, 15) is 18.0 Å². The molecule has 6 fully saturated rings. The van der Waals surface area contributed by atoms with E-state index < -0.39 is 16.0 Å². The summed E-state index contributed by atoms with van der Waals surface area (Å²) in [6.45, 7) is 6.25. The van der Waals surface area contributed by atoms with Crippen LogP contribution in [0.25, 0.3) is 0 Å². The number of methoxy groups -OCH3 is 1. The minimum absolute atomic E-state index is 0.0469. The second kappa shape index (κ2) is 11.5. The largest absolute Gasteiger partial charge is 0.467 e. The van der Waals surface area contributed by atoms with Crippen molar-refractivity contribution >= 4 is 29.4 Å². The molecular formula is C29H34F3N5O4S2. The van der Waals surface area contributed by atoms with Crippen molar-refractivity contribution in [3.05, 3.63) is 42.0 Å². The maximum absolute atomic E-state index is 14.5. The number of aromatic nitrogens is 2. The number of rotatable bonds is 8. The lowest BCUT2D eigenvalue weighted by Gasteiger charge is -2.56. The standard InChI is InChI=1S/C29H34F3N5O4S2/c1-39-24-15-34-27(41-24)43-28(42-26-33-14-23(40-26)29(30,31)32)8-2-20(3-9-28)25(38)37(21-16-35-10-4-18(21)5-11-35)22-17-36-12-6-19(22)7-13-36/h2-3,8,14-15,18-19,21-22H,4-7,9-13,16-17H2,1H3/t21-,22-,28?/m0/s1. The molecule has 1 amide bonds. The van der Waals surface area contributed by atoms with Gasteiger partial charge in [0.25, 0.3) is 16.4 Å². The molecule has 0 saturated carbocycles. The summed E-state index contributed by atoms with van der Waals surface area (Å²) in [5, 5.41) is 0.147. The third-order valence-electron chi connectivity index (χ3n) is 9.51. The Morgan fingerprint density at radius 3 is 2.00 bits per heavy atom. The molecule has 43 heavy (non-hydrogen) atoms. The first-order chi connectivity index (χ1) is 20.7. The summed E-state index contributed by atoms with van der Waals surface area (Å²) in [5.41, 5.74) is 0.609. The van der Waals surface area contributed by atoms with Crippen molar-refractivity contribution in [1.82, 2.24) is 24.7 Å². The second-order valence-electron chi connectivity index (χ2n) is 12.0. The molecule has 232 valence electrons. The molecule has 8 heterocycles. The fourth-order valence-electron chi connectivity index (χ4n) is 7.25.